The van der Waals surface area contributed by atoms with Crippen LogP contribution in [0.15, 0.2) is 36.4 Å². The first-order valence-corrected chi connectivity index (χ1v) is 5.31. The van der Waals surface area contributed by atoms with Gasteiger partial charge in [0.25, 0.3) is 5.69 Å². The fourth-order valence-corrected chi connectivity index (χ4v) is 2.31. The molecule has 0 fully saturated rings. The summed E-state index contributed by atoms with van der Waals surface area (Å²) in [4.78, 5) is 10.3. The van der Waals surface area contributed by atoms with Crippen molar-refractivity contribution in [3.8, 4) is 11.1 Å². The maximum atomic E-state index is 10.7. The number of rotatable bonds is 1. The van der Waals surface area contributed by atoms with Crippen LogP contribution in [0.2, 0.25) is 0 Å². The van der Waals surface area contributed by atoms with E-state index in [9.17, 15) is 10.1 Å². The SMILES string of the molecule is Nc1ccc2c(c1)-c1ccc([N+](=O)[O-])cc1C2. The molecule has 0 amide bonds. The van der Waals surface area contributed by atoms with E-state index in [1.165, 1.54) is 11.6 Å². The van der Waals surface area contributed by atoms with Crippen molar-refractivity contribution in [1.82, 2.24) is 0 Å². The van der Waals surface area contributed by atoms with Crippen LogP contribution >= 0.6 is 0 Å². The van der Waals surface area contributed by atoms with Gasteiger partial charge in [-0.3, -0.25) is 10.1 Å². The van der Waals surface area contributed by atoms with Gasteiger partial charge in [0.2, 0.25) is 0 Å². The summed E-state index contributed by atoms with van der Waals surface area (Å²) in [5.41, 5.74) is 10.9. The van der Waals surface area contributed by atoms with Gasteiger partial charge in [-0.05, 0) is 46.9 Å². The average molecular weight is 226 g/mol. The highest BCUT2D eigenvalue weighted by Crippen LogP contribution is 2.38. The van der Waals surface area contributed by atoms with Gasteiger partial charge in [-0.15, -0.1) is 0 Å². The Morgan fingerprint density at radius 2 is 1.88 bits per heavy atom. The first kappa shape index (κ1) is 9.84. The van der Waals surface area contributed by atoms with E-state index >= 15 is 0 Å². The Morgan fingerprint density at radius 1 is 1.06 bits per heavy atom. The second-order valence-corrected chi connectivity index (χ2v) is 4.19. The van der Waals surface area contributed by atoms with E-state index in [4.69, 9.17) is 5.73 Å². The Morgan fingerprint density at radius 3 is 2.65 bits per heavy atom. The first-order valence-electron chi connectivity index (χ1n) is 5.31. The summed E-state index contributed by atoms with van der Waals surface area (Å²) >= 11 is 0. The van der Waals surface area contributed by atoms with Gasteiger partial charge in [0.15, 0.2) is 0 Å². The summed E-state index contributed by atoms with van der Waals surface area (Å²) in [5.74, 6) is 0. The van der Waals surface area contributed by atoms with Crippen LogP contribution in [0.1, 0.15) is 11.1 Å². The fourth-order valence-electron chi connectivity index (χ4n) is 2.31. The number of nitro groups is 1. The minimum atomic E-state index is -0.363. The van der Waals surface area contributed by atoms with Gasteiger partial charge in [-0.2, -0.15) is 0 Å². The Bertz CT molecular complexity index is 635. The third-order valence-corrected chi connectivity index (χ3v) is 3.10. The molecule has 0 bridgehead atoms. The zero-order valence-electron chi connectivity index (χ0n) is 9.01. The molecule has 1 aliphatic rings. The molecule has 1 aliphatic carbocycles. The molecular formula is C13H10N2O2. The van der Waals surface area contributed by atoms with Crippen LogP contribution in [0.4, 0.5) is 11.4 Å². The number of anilines is 1. The maximum Gasteiger partial charge on any atom is 0.269 e. The molecule has 0 unspecified atom stereocenters. The number of nitrogen functional groups attached to an aromatic ring is 1. The summed E-state index contributed by atoms with van der Waals surface area (Å²) in [6, 6.07) is 10.8. The maximum absolute atomic E-state index is 10.7. The Balaban J connectivity index is 2.17. The molecule has 4 heteroatoms. The Kier molecular flexibility index (Phi) is 1.92. The van der Waals surface area contributed by atoms with Crippen LogP contribution in [-0.4, -0.2) is 4.92 Å². The van der Waals surface area contributed by atoms with E-state index in [1.54, 1.807) is 12.1 Å². The van der Waals surface area contributed by atoms with Gasteiger partial charge < -0.3 is 5.73 Å². The molecule has 84 valence electrons. The second kappa shape index (κ2) is 3.31. The molecule has 0 saturated carbocycles. The normalized spacial score (nSPS) is 12.0. The molecule has 0 aromatic heterocycles. The second-order valence-electron chi connectivity index (χ2n) is 4.19. The van der Waals surface area contributed by atoms with Gasteiger partial charge in [0.05, 0.1) is 4.92 Å². The van der Waals surface area contributed by atoms with Crippen LogP contribution in [0, 0.1) is 10.1 Å². The number of fused-ring (bicyclic) bond motifs is 3. The van der Waals surface area contributed by atoms with Crippen molar-refractivity contribution in [3.63, 3.8) is 0 Å². The van der Waals surface area contributed by atoms with Crippen molar-refractivity contribution < 1.29 is 4.92 Å². The molecule has 2 N–H and O–H groups in total. The fraction of sp³-hybridized carbons (Fsp3) is 0.0769. The first-order chi connectivity index (χ1) is 8.15. The molecule has 4 nitrogen and oxygen atoms in total. The largest absolute Gasteiger partial charge is 0.399 e. The molecule has 2 aromatic rings. The number of hydrogen-bond acceptors (Lipinski definition) is 3. The molecule has 3 rings (SSSR count). The van der Waals surface area contributed by atoms with Crippen molar-refractivity contribution in [1.29, 1.82) is 0 Å². The van der Waals surface area contributed by atoms with Crippen molar-refractivity contribution in [2.24, 2.45) is 0 Å². The van der Waals surface area contributed by atoms with Gasteiger partial charge in [-0.25, -0.2) is 0 Å². The number of benzene rings is 2. The summed E-state index contributed by atoms with van der Waals surface area (Å²) in [6.07, 6.45) is 0.743. The zero-order valence-corrected chi connectivity index (χ0v) is 9.01. The molecule has 2 aromatic carbocycles. The number of nitrogens with two attached hydrogens (primary N) is 1. The zero-order chi connectivity index (χ0) is 12.0. The van der Waals surface area contributed by atoms with E-state index in [0.717, 1.165) is 28.8 Å². The Hall–Kier alpha value is -2.36. The molecule has 0 atom stereocenters. The van der Waals surface area contributed by atoms with Gasteiger partial charge in [0.1, 0.15) is 0 Å². The van der Waals surface area contributed by atoms with Crippen LogP contribution in [0.3, 0.4) is 0 Å². The topological polar surface area (TPSA) is 69.2 Å². The van der Waals surface area contributed by atoms with E-state index < -0.39 is 0 Å². The predicted octanol–water partition coefficient (Wildman–Crippen LogP) is 2.75. The van der Waals surface area contributed by atoms with E-state index in [1.807, 2.05) is 18.2 Å². The standard InChI is InChI=1S/C13H10N2O2/c14-10-2-1-8-5-9-6-11(15(16)17)3-4-12(9)13(8)7-10/h1-4,6-7H,5,14H2. The third-order valence-electron chi connectivity index (χ3n) is 3.10. The van der Waals surface area contributed by atoms with E-state index in [0.29, 0.717) is 0 Å². The van der Waals surface area contributed by atoms with Gasteiger partial charge in [-0.1, -0.05) is 6.07 Å². The highest BCUT2D eigenvalue weighted by molar-refractivity contribution is 5.80. The van der Waals surface area contributed by atoms with Crippen molar-refractivity contribution in [2.75, 3.05) is 5.73 Å². The molecule has 0 radical (unpaired) electrons. The summed E-state index contributed by atoms with van der Waals surface area (Å²) in [6.45, 7) is 0. The lowest BCUT2D eigenvalue weighted by Crippen LogP contribution is -1.89. The average Bonchev–Trinajstić information content (AvgIpc) is 2.66. The summed E-state index contributed by atoms with van der Waals surface area (Å²) in [5, 5.41) is 10.7. The summed E-state index contributed by atoms with van der Waals surface area (Å²) in [7, 11) is 0. The molecule has 0 spiro atoms. The third kappa shape index (κ3) is 1.45. The quantitative estimate of drug-likeness (QED) is 0.394. The van der Waals surface area contributed by atoms with Gasteiger partial charge >= 0.3 is 0 Å². The van der Waals surface area contributed by atoms with Gasteiger partial charge in [0, 0.05) is 17.8 Å². The minimum Gasteiger partial charge on any atom is -0.399 e. The monoisotopic (exact) mass is 226 g/mol. The van der Waals surface area contributed by atoms with E-state index in [-0.39, 0.29) is 10.6 Å². The van der Waals surface area contributed by atoms with Crippen LogP contribution < -0.4 is 5.73 Å². The number of non-ortho nitro benzene ring substituents is 1. The number of hydrogen-bond donors (Lipinski definition) is 1. The minimum absolute atomic E-state index is 0.143. The number of nitrogens with zero attached hydrogens (tertiary/aromatic N) is 1. The molecule has 0 aliphatic heterocycles. The smallest absolute Gasteiger partial charge is 0.269 e. The lowest BCUT2D eigenvalue weighted by molar-refractivity contribution is -0.384. The summed E-state index contributed by atoms with van der Waals surface area (Å²) < 4.78 is 0. The highest BCUT2D eigenvalue weighted by Gasteiger charge is 2.20. The number of nitro benzene ring substituents is 1. The lowest BCUT2D eigenvalue weighted by atomic mass is 10.1. The Labute approximate surface area is 97.8 Å². The molecule has 0 saturated heterocycles. The van der Waals surface area contributed by atoms with Crippen LogP contribution in [0.25, 0.3) is 11.1 Å². The lowest BCUT2D eigenvalue weighted by Gasteiger charge is -2.01. The van der Waals surface area contributed by atoms with Crippen molar-refractivity contribution in [2.45, 2.75) is 6.42 Å². The molecule has 17 heavy (non-hydrogen) atoms. The predicted molar refractivity (Wildman–Crippen MR) is 65.8 cm³/mol. The van der Waals surface area contributed by atoms with Crippen LogP contribution in [0.5, 0.6) is 0 Å². The van der Waals surface area contributed by atoms with Crippen molar-refractivity contribution in [3.05, 3.63) is 57.6 Å². The highest BCUT2D eigenvalue weighted by atomic mass is 16.6. The van der Waals surface area contributed by atoms with Crippen LogP contribution in [-0.2, 0) is 6.42 Å². The molecule has 0 heterocycles. The van der Waals surface area contributed by atoms with E-state index in [2.05, 4.69) is 0 Å². The van der Waals surface area contributed by atoms with Crippen molar-refractivity contribution >= 4 is 11.4 Å². The molecular weight excluding hydrogens is 216 g/mol.